The second-order valence-electron chi connectivity index (χ2n) is 5.22. The minimum absolute atomic E-state index is 0.253. The Morgan fingerprint density at radius 3 is 2.90 bits per heavy atom. The van der Waals surface area contributed by atoms with Crippen LogP contribution in [0.1, 0.15) is 31.7 Å². The van der Waals surface area contributed by atoms with Crippen LogP contribution >= 0.6 is 11.6 Å². The molecule has 0 fully saturated rings. The molecule has 0 saturated carbocycles. The number of nitrogens with zero attached hydrogens (tertiary/aromatic N) is 2. The van der Waals surface area contributed by atoms with Gasteiger partial charge in [0.05, 0.1) is 23.9 Å². The fourth-order valence-corrected chi connectivity index (χ4v) is 2.86. The number of hydrogen-bond acceptors (Lipinski definition) is 5. The van der Waals surface area contributed by atoms with Gasteiger partial charge in [-0.05, 0) is 18.6 Å². The summed E-state index contributed by atoms with van der Waals surface area (Å²) in [5, 5.41) is 8.83. The van der Waals surface area contributed by atoms with Crippen LogP contribution in [0.2, 0.25) is 5.02 Å². The Hall–Kier alpha value is -1.75. The van der Waals surface area contributed by atoms with Crippen molar-refractivity contribution in [3.63, 3.8) is 0 Å². The number of ether oxygens (including phenoxy) is 2. The smallest absolute Gasteiger partial charge is 0.179 e. The van der Waals surface area contributed by atoms with Gasteiger partial charge in [0.15, 0.2) is 11.5 Å². The predicted octanol–water partition coefficient (Wildman–Crippen LogP) is 2.99. The highest BCUT2D eigenvalue weighted by Crippen LogP contribution is 2.39. The molecule has 0 saturated heterocycles. The van der Waals surface area contributed by atoms with Gasteiger partial charge in [0.2, 0.25) is 0 Å². The van der Waals surface area contributed by atoms with Crippen LogP contribution < -0.4 is 15.2 Å². The van der Waals surface area contributed by atoms with E-state index in [1.165, 1.54) is 0 Å². The molecule has 2 aliphatic rings. The van der Waals surface area contributed by atoms with Gasteiger partial charge in [-0.2, -0.15) is 5.10 Å². The molecule has 0 spiro atoms. The Morgan fingerprint density at radius 1 is 1.29 bits per heavy atom. The first-order valence-corrected chi connectivity index (χ1v) is 7.56. The van der Waals surface area contributed by atoms with E-state index in [2.05, 4.69) is 17.1 Å². The van der Waals surface area contributed by atoms with E-state index in [-0.39, 0.29) is 5.92 Å². The Balaban J connectivity index is 2.03. The molecule has 2 N–H and O–H groups in total. The second kappa shape index (κ2) is 5.93. The summed E-state index contributed by atoms with van der Waals surface area (Å²) >= 11 is 6.34. The third-order valence-electron chi connectivity index (χ3n) is 3.72. The van der Waals surface area contributed by atoms with Gasteiger partial charge in [0.25, 0.3) is 0 Å². The van der Waals surface area contributed by atoms with Gasteiger partial charge in [-0.15, -0.1) is 5.10 Å². The van der Waals surface area contributed by atoms with Crippen molar-refractivity contribution in [1.82, 2.24) is 0 Å². The van der Waals surface area contributed by atoms with Gasteiger partial charge in [-0.1, -0.05) is 18.5 Å². The van der Waals surface area contributed by atoms with E-state index in [0.29, 0.717) is 35.6 Å². The highest BCUT2D eigenvalue weighted by atomic mass is 35.5. The molecule has 21 heavy (non-hydrogen) atoms. The maximum Gasteiger partial charge on any atom is 0.179 e. The standard InChI is InChI=1S/C15H18ClN3O2/c1-2-9-8-13(17)18-19-14(9)10-6-11(16)15-12(7-10)20-4-3-5-21-15/h6-7,9H,2-5,8H2,1H3,(H2,17,18). The third kappa shape index (κ3) is 2.83. The molecule has 1 atom stereocenters. The average Bonchev–Trinajstić information content (AvgIpc) is 2.72. The number of rotatable bonds is 2. The van der Waals surface area contributed by atoms with Crippen LogP contribution in [0.15, 0.2) is 22.3 Å². The molecule has 6 heteroatoms. The monoisotopic (exact) mass is 307 g/mol. The van der Waals surface area contributed by atoms with E-state index in [1.54, 1.807) is 0 Å². The lowest BCUT2D eigenvalue weighted by Gasteiger charge is -2.21. The van der Waals surface area contributed by atoms with Gasteiger partial charge in [0.1, 0.15) is 5.84 Å². The number of halogens is 1. The number of fused-ring (bicyclic) bond motifs is 1. The summed E-state index contributed by atoms with van der Waals surface area (Å²) in [6, 6.07) is 3.80. The maximum absolute atomic E-state index is 6.34. The summed E-state index contributed by atoms with van der Waals surface area (Å²) in [5.41, 5.74) is 7.60. The van der Waals surface area contributed by atoms with E-state index in [0.717, 1.165) is 30.5 Å². The van der Waals surface area contributed by atoms with Gasteiger partial charge in [0, 0.05) is 24.3 Å². The molecule has 0 radical (unpaired) electrons. The van der Waals surface area contributed by atoms with E-state index in [1.807, 2.05) is 12.1 Å². The Morgan fingerprint density at radius 2 is 2.10 bits per heavy atom. The van der Waals surface area contributed by atoms with Crippen molar-refractivity contribution in [3.05, 3.63) is 22.7 Å². The Bertz CT molecular complexity index is 613. The Labute approximate surface area is 128 Å². The number of hydrogen-bond donors (Lipinski definition) is 1. The van der Waals surface area contributed by atoms with Crippen molar-refractivity contribution in [1.29, 1.82) is 0 Å². The zero-order valence-corrected chi connectivity index (χ0v) is 12.7. The van der Waals surface area contributed by atoms with Crippen LogP contribution in [-0.2, 0) is 0 Å². The van der Waals surface area contributed by atoms with Crippen molar-refractivity contribution < 1.29 is 9.47 Å². The largest absolute Gasteiger partial charge is 0.489 e. The SMILES string of the molecule is CCC1CC(N)=NN=C1c1cc(Cl)c2c(c1)OCCCO2. The fraction of sp³-hybridized carbons (Fsp3) is 0.467. The topological polar surface area (TPSA) is 69.2 Å². The normalized spacial score (nSPS) is 21.3. The highest BCUT2D eigenvalue weighted by Gasteiger charge is 2.24. The van der Waals surface area contributed by atoms with Gasteiger partial charge >= 0.3 is 0 Å². The van der Waals surface area contributed by atoms with Gasteiger partial charge < -0.3 is 15.2 Å². The van der Waals surface area contributed by atoms with Crippen molar-refractivity contribution in [2.75, 3.05) is 13.2 Å². The van der Waals surface area contributed by atoms with E-state index in [4.69, 9.17) is 26.8 Å². The first kappa shape index (κ1) is 14.2. The number of nitrogens with two attached hydrogens (primary N) is 1. The molecule has 0 aliphatic carbocycles. The summed E-state index contributed by atoms with van der Waals surface area (Å²) in [6.45, 7) is 3.36. The molecule has 3 rings (SSSR count). The maximum atomic E-state index is 6.34. The molecular formula is C15H18ClN3O2. The molecule has 0 bridgehead atoms. The van der Waals surface area contributed by atoms with Crippen molar-refractivity contribution >= 4 is 23.1 Å². The van der Waals surface area contributed by atoms with Crippen LogP contribution in [0.4, 0.5) is 0 Å². The summed E-state index contributed by atoms with van der Waals surface area (Å²) in [6.07, 6.45) is 2.52. The van der Waals surface area contributed by atoms with E-state index in [9.17, 15) is 0 Å². The van der Waals surface area contributed by atoms with Crippen LogP contribution in [0, 0.1) is 5.92 Å². The highest BCUT2D eigenvalue weighted by molar-refractivity contribution is 6.32. The van der Waals surface area contributed by atoms with E-state index < -0.39 is 0 Å². The molecular weight excluding hydrogens is 290 g/mol. The summed E-state index contributed by atoms with van der Waals surface area (Å²) in [5.74, 6) is 2.12. The molecule has 1 aromatic carbocycles. The van der Waals surface area contributed by atoms with Crippen LogP contribution in [-0.4, -0.2) is 24.8 Å². The minimum atomic E-state index is 0.253. The van der Waals surface area contributed by atoms with Crippen molar-refractivity contribution in [2.24, 2.45) is 21.9 Å². The first-order chi connectivity index (χ1) is 10.2. The van der Waals surface area contributed by atoms with E-state index >= 15 is 0 Å². The van der Waals surface area contributed by atoms with Crippen molar-refractivity contribution in [2.45, 2.75) is 26.2 Å². The lowest BCUT2D eigenvalue weighted by atomic mass is 9.90. The number of amidine groups is 1. The van der Waals surface area contributed by atoms with Crippen LogP contribution in [0.25, 0.3) is 0 Å². The number of benzene rings is 1. The predicted molar refractivity (Wildman–Crippen MR) is 83.6 cm³/mol. The average molecular weight is 308 g/mol. The quantitative estimate of drug-likeness (QED) is 0.913. The molecule has 112 valence electrons. The zero-order valence-electron chi connectivity index (χ0n) is 11.9. The Kier molecular flexibility index (Phi) is 4.01. The lowest BCUT2D eigenvalue weighted by molar-refractivity contribution is 0.297. The second-order valence-corrected chi connectivity index (χ2v) is 5.63. The first-order valence-electron chi connectivity index (χ1n) is 7.18. The van der Waals surface area contributed by atoms with Gasteiger partial charge in [-0.3, -0.25) is 0 Å². The molecule has 0 aromatic heterocycles. The lowest BCUT2D eigenvalue weighted by Crippen LogP contribution is -2.26. The van der Waals surface area contributed by atoms with Crippen molar-refractivity contribution in [3.8, 4) is 11.5 Å². The molecule has 2 aliphatic heterocycles. The van der Waals surface area contributed by atoms with Gasteiger partial charge in [-0.25, -0.2) is 0 Å². The molecule has 0 amide bonds. The molecule has 1 unspecified atom stereocenters. The summed E-state index contributed by atoms with van der Waals surface area (Å²) in [4.78, 5) is 0. The van der Waals surface area contributed by atoms with Crippen LogP contribution in [0.5, 0.6) is 11.5 Å². The molecule has 5 nitrogen and oxygen atoms in total. The third-order valence-corrected chi connectivity index (χ3v) is 4.00. The summed E-state index contributed by atoms with van der Waals surface area (Å²) in [7, 11) is 0. The molecule has 2 heterocycles. The zero-order chi connectivity index (χ0) is 14.8. The summed E-state index contributed by atoms with van der Waals surface area (Å²) < 4.78 is 11.4. The molecule has 1 aromatic rings. The minimum Gasteiger partial charge on any atom is -0.489 e. The fourth-order valence-electron chi connectivity index (χ4n) is 2.60. The van der Waals surface area contributed by atoms with Crippen LogP contribution in [0.3, 0.4) is 0 Å².